The number of hydrogen-bond donors (Lipinski definition) is 2. The molecule has 0 bridgehead atoms. The van der Waals surface area contributed by atoms with E-state index in [0.717, 1.165) is 10.4 Å². The number of rotatable bonds is 4. The van der Waals surface area contributed by atoms with Gasteiger partial charge < -0.3 is 10.4 Å². The molecule has 0 saturated heterocycles. The Labute approximate surface area is 108 Å². The summed E-state index contributed by atoms with van der Waals surface area (Å²) in [5.41, 5.74) is 1.27. The van der Waals surface area contributed by atoms with E-state index in [1.165, 1.54) is 22.2 Å². The summed E-state index contributed by atoms with van der Waals surface area (Å²) in [5, 5.41) is 21.9. The number of nitrogens with one attached hydrogen (secondary N) is 1. The highest BCUT2D eigenvalue weighted by Crippen LogP contribution is 2.23. The van der Waals surface area contributed by atoms with Crippen LogP contribution in [0.5, 0.6) is 0 Å². The first kappa shape index (κ1) is 12.7. The lowest BCUT2D eigenvalue weighted by Gasteiger charge is -2.10. The zero-order chi connectivity index (χ0) is 13.1. The Morgan fingerprint density at radius 3 is 3.00 bits per heavy atom. The minimum absolute atomic E-state index is 0.163. The van der Waals surface area contributed by atoms with E-state index in [1.54, 1.807) is 7.05 Å². The molecule has 0 radical (unpaired) electrons. The average molecular weight is 266 g/mol. The minimum Gasteiger partial charge on any atom is -0.386 e. The highest BCUT2D eigenvalue weighted by molar-refractivity contribution is 7.10. The number of carbonyl (C=O) groups excluding carboxylic acids is 1. The number of thiophene rings is 1. The first-order valence-electron chi connectivity index (χ1n) is 5.44. The van der Waals surface area contributed by atoms with E-state index >= 15 is 0 Å². The molecule has 2 aromatic heterocycles. The largest absolute Gasteiger partial charge is 0.386 e. The van der Waals surface area contributed by atoms with Crippen molar-refractivity contribution in [2.24, 2.45) is 7.05 Å². The van der Waals surface area contributed by atoms with Crippen LogP contribution >= 0.6 is 11.3 Å². The van der Waals surface area contributed by atoms with Gasteiger partial charge in [-0.25, -0.2) is 0 Å². The summed E-state index contributed by atoms with van der Waals surface area (Å²) >= 11 is 1.48. The summed E-state index contributed by atoms with van der Waals surface area (Å²) in [6.07, 6.45) is 0.837. The normalized spacial score (nSPS) is 12.4. The standard InChI is InChI=1S/C11H14N4O2S/c1-7-3-4-18-10(7)9(16)5-12-11(17)8-6-15(2)14-13-8/h3-4,6,9,16H,5H2,1-2H3,(H,12,17)/t9-/m0/s1. The number of aliphatic hydroxyl groups excluding tert-OH is 1. The second-order valence-electron chi connectivity index (χ2n) is 3.97. The number of aryl methyl sites for hydroxylation is 2. The van der Waals surface area contributed by atoms with Crippen molar-refractivity contribution in [2.45, 2.75) is 13.0 Å². The molecule has 0 spiro atoms. The Bertz CT molecular complexity index is 549. The van der Waals surface area contributed by atoms with Gasteiger partial charge in [-0.15, -0.1) is 16.4 Å². The second-order valence-corrected chi connectivity index (χ2v) is 4.92. The van der Waals surface area contributed by atoms with Crippen molar-refractivity contribution in [3.8, 4) is 0 Å². The maximum Gasteiger partial charge on any atom is 0.273 e. The smallest absolute Gasteiger partial charge is 0.273 e. The van der Waals surface area contributed by atoms with Crippen molar-refractivity contribution in [3.63, 3.8) is 0 Å². The molecular formula is C11H14N4O2S. The van der Waals surface area contributed by atoms with Crippen LogP contribution in [-0.2, 0) is 7.05 Å². The first-order chi connectivity index (χ1) is 8.58. The molecule has 0 aliphatic heterocycles. The fraction of sp³-hybridized carbons (Fsp3) is 0.364. The summed E-state index contributed by atoms with van der Waals surface area (Å²) in [4.78, 5) is 12.6. The molecule has 1 amide bonds. The Morgan fingerprint density at radius 1 is 1.67 bits per heavy atom. The number of aliphatic hydroxyl groups is 1. The Balaban J connectivity index is 1.92. The lowest BCUT2D eigenvalue weighted by molar-refractivity contribution is 0.0912. The summed E-state index contributed by atoms with van der Waals surface area (Å²) in [6, 6.07) is 1.94. The molecule has 2 aromatic rings. The van der Waals surface area contributed by atoms with Crippen LogP contribution in [0.3, 0.4) is 0 Å². The van der Waals surface area contributed by atoms with Crippen LogP contribution in [0.15, 0.2) is 17.6 Å². The molecule has 0 aliphatic rings. The molecule has 1 atom stereocenters. The molecule has 0 aliphatic carbocycles. The van der Waals surface area contributed by atoms with Gasteiger partial charge in [-0.1, -0.05) is 5.21 Å². The van der Waals surface area contributed by atoms with Crippen LogP contribution in [0.2, 0.25) is 0 Å². The van der Waals surface area contributed by atoms with E-state index in [2.05, 4.69) is 15.6 Å². The third-order valence-electron chi connectivity index (χ3n) is 2.50. The van der Waals surface area contributed by atoms with E-state index in [9.17, 15) is 9.90 Å². The van der Waals surface area contributed by atoms with Gasteiger partial charge in [-0.2, -0.15) is 0 Å². The lowest BCUT2D eigenvalue weighted by atomic mass is 10.2. The number of aromatic nitrogens is 3. The van der Waals surface area contributed by atoms with Crippen molar-refractivity contribution in [3.05, 3.63) is 33.8 Å². The fourth-order valence-corrected chi connectivity index (χ4v) is 2.46. The average Bonchev–Trinajstić information content (AvgIpc) is 2.94. The van der Waals surface area contributed by atoms with Crippen LogP contribution < -0.4 is 5.32 Å². The predicted molar refractivity (Wildman–Crippen MR) is 67.4 cm³/mol. The third kappa shape index (κ3) is 2.74. The van der Waals surface area contributed by atoms with Crippen LogP contribution in [0.4, 0.5) is 0 Å². The van der Waals surface area contributed by atoms with E-state index < -0.39 is 6.10 Å². The van der Waals surface area contributed by atoms with Gasteiger partial charge in [0.15, 0.2) is 5.69 Å². The quantitative estimate of drug-likeness (QED) is 0.851. The summed E-state index contributed by atoms with van der Waals surface area (Å²) in [7, 11) is 1.69. The predicted octanol–water partition coefficient (Wildman–Crippen LogP) is 0.648. The van der Waals surface area contributed by atoms with Gasteiger partial charge >= 0.3 is 0 Å². The topological polar surface area (TPSA) is 80.0 Å². The maximum absolute atomic E-state index is 11.7. The molecule has 7 heteroatoms. The van der Waals surface area contributed by atoms with Gasteiger partial charge in [0.05, 0.1) is 6.20 Å². The summed E-state index contributed by atoms with van der Waals surface area (Å²) in [6.45, 7) is 2.09. The molecule has 0 aromatic carbocycles. The summed E-state index contributed by atoms with van der Waals surface area (Å²) in [5.74, 6) is -0.337. The van der Waals surface area contributed by atoms with E-state index in [4.69, 9.17) is 0 Å². The molecule has 18 heavy (non-hydrogen) atoms. The van der Waals surface area contributed by atoms with Crippen molar-refractivity contribution < 1.29 is 9.90 Å². The Hall–Kier alpha value is -1.73. The molecule has 2 heterocycles. The van der Waals surface area contributed by atoms with Crippen LogP contribution in [-0.4, -0.2) is 32.6 Å². The van der Waals surface area contributed by atoms with Crippen molar-refractivity contribution in [1.29, 1.82) is 0 Å². The number of nitrogens with zero attached hydrogens (tertiary/aromatic N) is 3. The molecule has 2 rings (SSSR count). The Morgan fingerprint density at radius 2 is 2.44 bits per heavy atom. The van der Waals surface area contributed by atoms with Gasteiger partial charge in [-0.05, 0) is 23.9 Å². The maximum atomic E-state index is 11.7. The number of hydrogen-bond acceptors (Lipinski definition) is 5. The SMILES string of the molecule is Cc1ccsc1[C@@H](O)CNC(=O)c1cn(C)nn1. The summed E-state index contributed by atoms with van der Waals surface area (Å²) < 4.78 is 1.45. The lowest BCUT2D eigenvalue weighted by Crippen LogP contribution is -2.28. The van der Waals surface area contributed by atoms with Crippen molar-refractivity contribution >= 4 is 17.2 Å². The van der Waals surface area contributed by atoms with Crippen molar-refractivity contribution in [1.82, 2.24) is 20.3 Å². The van der Waals surface area contributed by atoms with Crippen molar-refractivity contribution in [2.75, 3.05) is 6.54 Å². The molecule has 2 N–H and O–H groups in total. The third-order valence-corrected chi connectivity index (χ3v) is 3.62. The first-order valence-corrected chi connectivity index (χ1v) is 6.32. The molecule has 0 saturated carbocycles. The molecule has 0 unspecified atom stereocenters. The van der Waals surface area contributed by atoms with Gasteiger partial charge in [-0.3, -0.25) is 9.48 Å². The molecule has 96 valence electrons. The van der Waals surface area contributed by atoms with E-state index in [-0.39, 0.29) is 18.1 Å². The zero-order valence-corrected chi connectivity index (χ0v) is 10.9. The number of carbonyl (C=O) groups is 1. The van der Waals surface area contributed by atoms with Gasteiger partial charge in [0.2, 0.25) is 0 Å². The highest BCUT2D eigenvalue weighted by atomic mass is 32.1. The Kier molecular flexibility index (Phi) is 3.73. The zero-order valence-electron chi connectivity index (χ0n) is 10.1. The van der Waals surface area contributed by atoms with Gasteiger partial charge in [0.25, 0.3) is 5.91 Å². The van der Waals surface area contributed by atoms with Crippen LogP contribution in [0.25, 0.3) is 0 Å². The fourth-order valence-electron chi connectivity index (χ4n) is 1.55. The molecule has 6 nitrogen and oxygen atoms in total. The minimum atomic E-state index is -0.689. The highest BCUT2D eigenvalue weighted by Gasteiger charge is 2.15. The molecular weight excluding hydrogens is 252 g/mol. The molecule has 0 fully saturated rings. The van der Waals surface area contributed by atoms with Gasteiger partial charge in [0, 0.05) is 18.5 Å². The van der Waals surface area contributed by atoms with Crippen LogP contribution in [0.1, 0.15) is 27.0 Å². The number of amides is 1. The van der Waals surface area contributed by atoms with E-state index in [0.29, 0.717) is 0 Å². The monoisotopic (exact) mass is 266 g/mol. The second kappa shape index (κ2) is 5.28. The van der Waals surface area contributed by atoms with E-state index in [1.807, 2.05) is 18.4 Å². The van der Waals surface area contributed by atoms with Gasteiger partial charge in [0.1, 0.15) is 6.10 Å². The van der Waals surface area contributed by atoms with Crippen LogP contribution in [0, 0.1) is 6.92 Å².